The first-order chi connectivity index (χ1) is 11.6. The van der Waals surface area contributed by atoms with Crippen LogP contribution in [-0.4, -0.2) is 35.7 Å². The third-order valence-corrected chi connectivity index (χ3v) is 3.95. The molecule has 2 aromatic rings. The van der Waals surface area contributed by atoms with E-state index in [0.717, 1.165) is 30.2 Å². The summed E-state index contributed by atoms with van der Waals surface area (Å²) in [5, 5.41) is 13.9. The highest BCUT2D eigenvalue weighted by Crippen LogP contribution is 2.19. The number of pyridine rings is 1. The number of morpholine rings is 1. The molecule has 24 heavy (non-hydrogen) atoms. The summed E-state index contributed by atoms with van der Waals surface area (Å²) < 4.78 is 5.56. The van der Waals surface area contributed by atoms with E-state index in [1.165, 1.54) is 12.1 Å². The second kappa shape index (κ2) is 7.27. The minimum absolute atomic E-state index is 0.0909. The fourth-order valence-corrected chi connectivity index (χ4v) is 2.68. The van der Waals surface area contributed by atoms with Crippen LogP contribution in [0.4, 0.5) is 17.2 Å². The maximum Gasteiger partial charge on any atom is 0.269 e. The van der Waals surface area contributed by atoms with Gasteiger partial charge < -0.3 is 15.0 Å². The average Bonchev–Trinajstić information content (AvgIpc) is 2.60. The minimum Gasteiger partial charge on any atom is -0.381 e. The molecular formula is C17H20N4O3. The van der Waals surface area contributed by atoms with Crippen LogP contribution in [0.25, 0.3) is 0 Å². The van der Waals surface area contributed by atoms with Crippen LogP contribution in [0.1, 0.15) is 12.5 Å². The molecule has 0 saturated carbocycles. The van der Waals surface area contributed by atoms with Crippen LogP contribution in [0.2, 0.25) is 0 Å². The maximum atomic E-state index is 10.7. The Hall–Kier alpha value is -2.67. The lowest BCUT2D eigenvalue weighted by atomic mass is 10.2. The Kier molecular flexibility index (Phi) is 4.90. The summed E-state index contributed by atoms with van der Waals surface area (Å²) >= 11 is 0. The number of nitro benzene ring substituents is 1. The first kappa shape index (κ1) is 16.2. The quantitative estimate of drug-likeness (QED) is 0.671. The van der Waals surface area contributed by atoms with E-state index in [4.69, 9.17) is 4.74 Å². The molecular weight excluding hydrogens is 308 g/mol. The molecule has 0 bridgehead atoms. The zero-order valence-electron chi connectivity index (χ0n) is 13.5. The molecule has 7 nitrogen and oxygen atoms in total. The number of non-ortho nitro benzene ring substituents is 1. The number of nitrogens with one attached hydrogen (secondary N) is 1. The third kappa shape index (κ3) is 3.99. The van der Waals surface area contributed by atoms with Gasteiger partial charge >= 0.3 is 0 Å². The number of benzene rings is 1. The van der Waals surface area contributed by atoms with Crippen LogP contribution in [0.15, 0.2) is 42.6 Å². The van der Waals surface area contributed by atoms with Crippen molar-refractivity contribution >= 4 is 17.2 Å². The summed E-state index contributed by atoms with van der Waals surface area (Å²) in [7, 11) is 0. The molecule has 0 spiro atoms. The molecule has 1 unspecified atom stereocenters. The van der Waals surface area contributed by atoms with Crippen LogP contribution in [0, 0.1) is 10.1 Å². The number of anilines is 2. The molecule has 126 valence electrons. The van der Waals surface area contributed by atoms with E-state index >= 15 is 0 Å². The van der Waals surface area contributed by atoms with Gasteiger partial charge in [-0.15, -0.1) is 0 Å². The number of ether oxygens (including phenoxy) is 1. The third-order valence-electron chi connectivity index (χ3n) is 3.95. The van der Waals surface area contributed by atoms with Gasteiger partial charge in [-0.3, -0.25) is 10.1 Å². The number of aromatic nitrogens is 1. The van der Waals surface area contributed by atoms with Gasteiger partial charge in [0.25, 0.3) is 5.69 Å². The number of rotatable bonds is 5. The zero-order valence-corrected chi connectivity index (χ0v) is 13.5. The normalized spacial score (nSPS) is 17.5. The molecule has 0 amide bonds. The summed E-state index contributed by atoms with van der Waals surface area (Å²) in [5.74, 6) is 0.952. The van der Waals surface area contributed by atoms with Gasteiger partial charge in [0, 0.05) is 43.7 Å². The topological polar surface area (TPSA) is 80.5 Å². The van der Waals surface area contributed by atoms with Crippen molar-refractivity contribution < 1.29 is 9.66 Å². The van der Waals surface area contributed by atoms with Crippen LogP contribution >= 0.6 is 0 Å². The smallest absolute Gasteiger partial charge is 0.269 e. The number of hydrogen-bond acceptors (Lipinski definition) is 6. The summed E-state index contributed by atoms with van der Waals surface area (Å²) in [5.41, 5.74) is 2.05. The summed E-state index contributed by atoms with van der Waals surface area (Å²) in [4.78, 5) is 16.9. The number of nitro groups is 1. The van der Waals surface area contributed by atoms with Crippen molar-refractivity contribution in [2.45, 2.75) is 19.6 Å². The first-order valence-corrected chi connectivity index (χ1v) is 7.91. The Morgan fingerprint density at radius 2 is 2.17 bits per heavy atom. The van der Waals surface area contributed by atoms with Crippen molar-refractivity contribution in [1.82, 2.24) is 4.98 Å². The minimum atomic E-state index is -0.401. The van der Waals surface area contributed by atoms with Crippen LogP contribution in [0.5, 0.6) is 0 Å². The van der Waals surface area contributed by atoms with E-state index < -0.39 is 4.92 Å². The molecule has 1 fully saturated rings. The SMILES string of the molecule is CC1CN(c2cc(CNc3ccc([N+](=O)[O-])cc3)ccn2)CCO1. The molecule has 2 heterocycles. The molecule has 1 aromatic heterocycles. The second-order valence-electron chi connectivity index (χ2n) is 5.81. The Morgan fingerprint density at radius 1 is 1.38 bits per heavy atom. The lowest BCUT2D eigenvalue weighted by Gasteiger charge is -2.32. The van der Waals surface area contributed by atoms with Crippen molar-refractivity contribution in [1.29, 1.82) is 0 Å². The number of hydrogen-bond donors (Lipinski definition) is 1. The van der Waals surface area contributed by atoms with E-state index in [-0.39, 0.29) is 11.8 Å². The van der Waals surface area contributed by atoms with E-state index in [9.17, 15) is 10.1 Å². The molecule has 1 aliphatic rings. The lowest BCUT2D eigenvalue weighted by Crippen LogP contribution is -2.41. The molecule has 1 atom stereocenters. The summed E-state index contributed by atoms with van der Waals surface area (Å²) in [6.07, 6.45) is 2.02. The number of nitrogens with zero attached hydrogens (tertiary/aromatic N) is 3. The van der Waals surface area contributed by atoms with Gasteiger partial charge in [0.05, 0.1) is 17.6 Å². The van der Waals surface area contributed by atoms with E-state index in [2.05, 4.69) is 28.2 Å². The van der Waals surface area contributed by atoms with E-state index in [0.29, 0.717) is 13.2 Å². The largest absolute Gasteiger partial charge is 0.381 e. The van der Waals surface area contributed by atoms with Crippen molar-refractivity contribution in [3.05, 3.63) is 58.3 Å². The summed E-state index contributed by atoms with van der Waals surface area (Å²) in [6.45, 7) is 5.09. The van der Waals surface area contributed by atoms with Crippen LogP contribution < -0.4 is 10.2 Å². The zero-order chi connectivity index (χ0) is 16.9. The van der Waals surface area contributed by atoms with Gasteiger partial charge in [-0.25, -0.2) is 4.98 Å². The first-order valence-electron chi connectivity index (χ1n) is 7.91. The maximum absolute atomic E-state index is 10.7. The fourth-order valence-electron chi connectivity index (χ4n) is 2.68. The highest BCUT2D eigenvalue weighted by Gasteiger charge is 2.17. The molecule has 0 aliphatic carbocycles. The van der Waals surface area contributed by atoms with Gasteiger partial charge in [-0.05, 0) is 36.8 Å². The molecule has 1 saturated heterocycles. The Morgan fingerprint density at radius 3 is 2.88 bits per heavy atom. The molecule has 1 aliphatic heterocycles. The van der Waals surface area contributed by atoms with Gasteiger partial charge in [0.1, 0.15) is 5.82 Å². The Balaban J connectivity index is 1.63. The second-order valence-corrected chi connectivity index (χ2v) is 5.81. The van der Waals surface area contributed by atoms with Crippen molar-refractivity contribution in [3.63, 3.8) is 0 Å². The summed E-state index contributed by atoms with van der Waals surface area (Å²) in [6, 6.07) is 10.4. The average molecular weight is 328 g/mol. The van der Waals surface area contributed by atoms with E-state index in [1.54, 1.807) is 12.1 Å². The predicted molar refractivity (Wildman–Crippen MR) is 92.3 cm³/mol. The lowest BCUT2D eigenvalue weighted by molar-refractivity contribution is -0.384. The van der Waals surface area contributed by atoms with Crippen molar-refractivity contribution in [2.75, 3.05) is 29.9 Å². The molecule has 0 radical (unpaired) electrons. The molecule has 1 N–H and O–H groups in total. The molecule has 1 aromatic carbocycles. The van der Waals surface area contributed by atoms with Gasteiger partial charge in [-0.1, -0.05) is 0 Å². The van der Waals surface area contributed by atoms with E-state index in [1.807, 2.05) is 12.3 Å². The van der Waals surface area contributed by atoms with Crippen LogP contribution in [-0.2, 0) is 11.3 Å². The molecule has 3 rings (SSSR count). The molecule has 7 heteroatoms. The Labute approximate surface area is 140 Å². The highest BCUT2D eigenvalue weighted by atomic mass is 16.6. The fraction of sp³-hybridized carbons (Fsp3) is 0.353. The predicted octanol–water partition coefficient (Wildman–Crippen LogP) is 2.83. The van der Waals surface area contributed by atoms with Crippen LogP contribution in [0.3, 0.4) is 0 Å². The van der Waals surface area contributed by atoms with Crippen molar-refractivity contribution in [2.24, 2.45) is 0 Å². The standard InChI is InChI=1S/C17H20N4O3/c1-13-12-20(8-9-24-13)17-10-14(6-7-18-17)11-19-15-2-4-16(5-3-15)21(22)23/h2-7,10,13,19H,8-9,11-12H2,1H3. The van der Waals surface area contributed by atoms with Gasteiger partial charge in [-0.2, -0.15) is 0 Å². The Bertz CT molecular complexity index is 705. The highest BCUT2D eigenvalue weighted by molar-refractivity contribution is 5.49. The van der Waals surface area contributed by atoms with Gasteiger partial charge in [0.2, 0.25) is 0 Å². The monoisotopic (exact) mass is 328 g/mol. The van der Waals surface area contributed by atoms with Crippen molar-refractivity contribution in [3.8, 4) is 0 Å². The van der Waals surface area contributed by atoms with Gasteiger partial charge in [0.15, 0.2) is 0 Å².